The molecule has 6 nitrogen and oxygen atoms in total. The average Bonchev–Trinajstić information content (AvgIpc) is 3.03. The summed E-state index contributed by atoms with van der Waals surface area (Å²) in [6.07, 6.45) is 3.28. The van der Waals surface area contributed by atoms with Crippen molar-refractivity contribution >= 4 is 23.3 Å². The van der Waals surface area contributed by atoms with Gasteiger partial charge in [0.25, 0.3) is 5.91 Å². The molecule has 1 heterocycles. The number of aliphatic hydroxyl groups is 1. The highest BCUT2D eigenvalue weighted by Crippen LogP contribution is 2.22. The second-order valence-electron chi connectivity index (χ2n) is 6.85. The van der Waals surface area contributed by atoms with Gasteiger partial charge in [0, 0.05) is 35.7 Å². The van der Waals surface area contributed by atoms with E-state index in [0.717, 1.165) is 6.42 Å². The Hall–Kier alpha value is -2.44. The summed E-state index contributed by atoms with van der Waals surface area (Å²) < 4.78 is 0. The van der Waals surface area contributed by atoms with E-state index >= 15 is 0 Å². The lowest BCUT2D eigenvalue weighted by molar-refractivity contribution is -0.117. The van der Waals surface area contributed by atoms with Crippen molar-refractivity contribution in [3.05, 3.63) is 58.4 Å². The van der Waals surface area contributed by atoms with Gasteiger partial charge in [0.2, 0.25) is 0 Å². The van der Waals surface area contributed by atoms with E-state index in [2.05, 4.69) is 10.3 Å². The van der Waals surface area contributed by atoms with E-state index in [9.17, 15) is 19.8 Å². The van der Waals surface area contributed by atoms with Crippen molar-refractivity contribution in [1.82, 2.24) is 10.3 Å². The molecule has 27 heavy (non-hydrogen) atoms. The summed E-state index contributed by atoms with van der Waals surface area (Å²) in [4.78, 5) is 28.7. The van der Waals surface area contributed by atoms with E-state index in [4.69, 9.17) is 11.6 Å². The molecule has 3 N–H and O–H groups in total. The van der Waals surface area contributed by atoms with Gasteiger partial charge in [-0.1, -0.05) is 11.6 Å². The molecule has 2 atom stereocenters. The van der Waals surface area contributed by atoms with Crippen LogP contribution in [-0.2, 0) is 17.6 Å². The highest BCUT2D eigenvalue weighted by molar-refractivity contribution is 6.30. The Morgan fingerprint density at radius 3 is 2.74 bits per heavy atom. The number of benzene rings is 1. The van der Waals surface area contributed by atoms with Gasteiger partial charge in [0.05, 0.1) is 6.10 Å². The fourth-order valence-corrected chi connectivity index (χ4v) is 3.45. The van der Waals surface area contributed by atoms with Crippen molar-refractivity contribution < 1.29 is 19.8 Å². The number of phenols is 1. The number of phenolic OH excluding ortho intramolecular Hbond substituents is 1. The van der Waals surface area contributed by atoms with Crippen LogP contribution in [0, 0.1) is 0 Å². The number of aliphatic hydroxyl groups excluding tert-OH is 1. The van der Waals surface area contributed by atoms with Crippen molar-refractivity contribution in [2.45, 2.75) is 44.2 Å². The topological polar surface area (TPSA) is 99.5 Å². The Labute approximate surface area is 162 Å². The van der Waals surface area contributed by atoms with Crippen LogP contribution in [-0.4, -0.2) is 39.0 Å². The molecule has 1 amide bonds. The fraction of sp³-hybridized carbons (Fsp3) is 0.350. The average molecular weight is 389 g/mol. The number of nitrogens with zero attached hydrogens (tertiary/aromatic N) is 1. The molecular formula is C20H21ClN2O4. The summed E-state index contributed by atoms with van der Waals surface area (Å²) in [5.74, 6) is -0.388. The second-order valence-corrected chi connectivity index (χ2v) is 7.29. The molecule has 1 aliphatic carbocycles. The molecule has 2 aromatic rings. The molecule has 0 unspecified atom stereocenters. The first-order valence-electron chi connectivity index (χ1n) is 8.83. The summed E-state index contributed by atoms with van der Waals surface area (Å²) in [5, 5.41) is 22.7. The van der Waals surface area contributed by atoms with Gasteiger partial charge >= 0.3 is 0 Å². The van der Waals surface area contributed by atoms with Crippen molar-refractivity contribution in [3.63, 3.8) is 0 Å². The quantitative estimate of drug-likeness (QED) is 0.705. The summed E-state index contributed by atoms with van der Waals surface area (Å²) in [7, 11) is 0. The maximum atomic E-state index is 12.3. The number of Topliss-reactive ketones (excluding diaryl/α,β-unsaturated/α-hetero) is 1. The zero-order chi connectivity index (χ0) is 19.4. The Morgan fingerprint density at radius 1 is 1.19 bits per heavy atom. The molecule has 1 aromatic carbocycles. The second kappa shape index (κ2) is 8.50. The lowest BCUT2D eigenvalue weighted by Gasteiger charge is -2.12. The maximum Gasteiger partial charge on any atom is 0.270 e. The lowest BCUT2D eigenvalue weighted by Crippen LogP contribution is -2.33. The van der Waals surface area contributed by atoms with Gasteiger partial charge in [-0.15, -0.1) is 0 Å². The van der Waals surface area contributed by atoms with E-state index in [1.54, 1.807) is 24.3 Å². The van der Waals surface area contributed by atoms with Crippen molar-refractivity contribution in [2.75, 3.05) is 0 Å². The molecule has 1 aromatic heterocycles. The number of aromatic hydroxyl groups is 1. The predicted molar refractivity (Wildman–Crippen MR) is 101 cm³/mol. The molecule has 7 heteroatoms. The van der Waals surface area contributed by atoms with Gasteiger partial charge in [-0.2, -0.15) is 0 Å². The molecule has 142 valence electrons. The zero-order valence-corrected chi connectivity index (χ0v) is 15.4. The first-order chi connectivity index (χ1) is 12.9. The number of hydrogen-bond donors (Lipinski definition) is 3. The minimum absolute atomic E-state index is 0.0290. The molecule has 1 aliphatic rings. The number of rotatable bonds is 6. The summed E-state index contributed by atoms with van der Waals surface area (Å²) in [6.45, 7) is 0. The van der Waals surface area contributed by atoms with Crippen LogP contribution in [0.15, 0.2) is 36.5 Å². The number of carbonyl (C=O) groups is 2. The minimum atomic E-state index is -0.366. The smallest absolute Gasteiger partial charge is 0.270 e. The number of nitrogens with one attached hydrogen (secondary N) is 1. The number of amides is 1. The Morgan fingerprint density at radius 2 is 2.00 bits per heavy atom. The molecule has 0 aliphatic heterocycles. The number of hydrogen-bond acceptors (Lipinski definition) is 5. The SMILES string of the molecule is O=C(Cc1ccnc(C(=O)N[C@H]2CC[C@@H](O)C2)c1)Cc1cc(Cl)ccc1O. The number of halogens is 1. The van der Waals surface area contributed by atoms with Crippen LogP contribution >= 0.6 is 11.6 Å². The standard InChI is InChI=1S/C20H21ClN2O4/c21-14-1-4-19(26)13(9-14)10-17(25)7-12-5-6-22-18(8-12)20(27)23-15-2-3-16(24)11-15/h1,4-6,8-9,15-16,24,26H,2-3,7,10-11H2,(H,23,27)/t15-,16+/m0/s1. The third-order valence-electron chi connectivity index (χ3n) is 4.63. The monoisotopic (exact) mass is 388 g/mol. The Balaban J connectivity index is 1.62. The molecule has 0 bridgehead atoms. The summed E-state index contributed by atoms with van der Waals surface area (Å²) in [6, 6.07) is 7.81. The summed E-state index contributed by atoms with van der Waals surface area (Å²) >= 11 is 5.90. The van der Waals surface area contributed by atoms with Gasteiger partial charge < -0.3 is 15.5 Å². The van der Waals surface area contributed by atoms with E-state index in [-0.39, 0.29) is 48.1 Å². The van der Waals surface area contributed by atoms with Crippen molar-refractivity contribution in [3.8, 4) is 5.75 Å². The molecule has 1 fully saturated rings. The zero-order valence-electron chi connectivity index (χ0n) is 14.7. The van der Waals surface area contributed by atoms with E-state index < -0.39 is 0 Å². The maximum absolute atomic E-state index is 12.3. The molecule has 0 radical (unpaired) electrons. The first kappa shape index (κ1) is 19.3. The third kappa shape index (κ3) is 5.28. The Bertz CT molecular complexity index is 856. The van der Waals surface area contributed by atoms with Gasteiger partial charge in [-0.3, -0.25) is 14.6 Å². The van der Waals surface area contributed by atoms with E-state index in [0.29, 0.717) is 29.0 Å². The van der Waals surface area contributed by atoms with Gasteiger partial charge in [0.15, 0.2) is 0 Å². The molecule has 0 saturated heterocycles. The van der Waals surface area contributed by atoms with Crippen LogP contribution in [0.2, 0.25) is 5.02 Å². The first-order valence-corrected chi connectivity index (χ1v) is 9.21. The number of ketones is 1. The van der Waals surface area contributed by atoms with Crippen LogP contribution in [0.1, 0.15) is 40.9 Å². The van der Waals surface area contributed by atoms with Crippen LogP contribution in [0.4, 0.5) is 0 Å². The van der Waals surface area contributed by atoms with Gasteiger partial charge in [-0.25, -0.2) is 0 Å². The molecular weight excluding hydrogens is 368 g/mol. The number of aromatic nitrogens is 1. The minimum Gasteiger partial charge on any atom is -0.508 e. The Kier molecular flexibility index (Phi) is 6.08. The number of pyridine rings is 1. The van der Waals surface area contributed by atoms with Gasteiger partial charge in [0.1, 0.15) is 17.2 Å². The fourth-order valence-electron chi connectivity index (χ4n) is 3.25. The lowest BCUT2D eigenvalue weighted by atomic mass is 10.0. The van der Waals surface area contributed by atoms with Crippen molar-refractivity contribution in [1.29, 1.82) is 0 Å². The predicted octanol–water partition coefficient (Wildman–Crippen LogP) is 2.44. The third-order valence-corrected chi connectivity index (χ3v) is 4.86. The van der Waals surface area contributed by atoms with Crippen molar-refractivity contribution in [2.24, 2.45) is 0 Å². The number of carbonyl (C=O) groups excluding carboxylic acids is 2. The molecule has 1 saturated carbocycles. The summed E-state index contributed by atoms with van der Waals surface area (Å²) in [5.41, 5.74) is 1.39. The normalized spacial score (nSPS) is 19.0. The highest BCUT2D eigenvalue weighted by Gasteiger charge is 2.24. The largest absolute Gasteiger partial charge is 0.508 e. The van der Waals surface area contributed by atoms with Crippen LogP contribution in [0.5, 0.6) is 5.75 Å². The van der Waals surface area contributed by atoms with Crippen LogP contribution in [0.25, 0.3) is 0 Å². The van der Waals surface area contributed by atoms with Gasteiger partial charge in [-0.05, 0) is 55.2 Å². The highest BCUT2D eigenvalue weighted by atomic mass is 35.5. The van der Waals surface area contributed by atoms with Crippen LogP contribution in [0.3, 0.4) is 0 Å². The van der Waals surface area contributed by atoms with E-state index in [1.165, 1.54) is 12.3 Å². The van der Waals surface area contributed by atoms with E-state index in [1.807, 2.05) is 0 Å². The molecule has 0 spiro atoms. The van der Waals surface area contributed by atoms with Crippen LogP contribution < -0.4 is 5.32 Å². The molecule has 3 rings (SSSR count).